The van der Waals surface area contributed by atoms with E-state index in [4.69, 9.17) is 4.42 Å². The van der Waals surface area contributed by atoms with E-state index in [1.807, 2.05) is 0 Å². The average molecular weight is 278 g/mol. The topological polar surface area (TPSA) is 44.5 Å². The Morgan fingerprint density at radius 1 is 1.40 bits per heavy atom. The first kappa shape index (κ1) is 13.9. The number of fused-ring (bicyclic) bond motifs is 1. The van der Waals surface area contributed by atoms with Crippen molar-refractivity contribution in [3.05, 3.63) is 12.0 Å². The van der Waals surface area contributed by atoms with E-state index in [1.54, 1.807) is 6.26 Å². The lowest BCUT2D eigenvalue weighted by atomic mass is 9.84. The Kier molecular flexibility index (Phi) is 4.27. The van der Waals surface area contributed by atoms with E-state index < -0.39 is 0 Å². The van der Waals surface area contributed by atoms with Gasteiger partial charge in [-0.1, -0.05) is 6.92 Å². The van der Waals surface area contributed by atoms with Gasteiger partial charge in [-0.25, -0.2) is 0 Å². The number of hydrogen-bond acceptors (Lipinski definition) is 5. The summed E-state index contributed by atoms with van der Waals surface area (Å²) in [5.74, 6) is 0.770. The van der Waals surface area contributed by atoms with Crippen LogP contribution in [0.15, 0.2) is 10.7 Å². The summed E-state index contributed by atoms with van der Waals surface area (Å²) in [5.41, 5.74) is 1.00. The normalized spacial score (nSPS) is 27.6. The lowest BCUT2D eigenvalue weighted by Gasteiger charge is -2.45. The minimum atomic E-state index is 0.760. The Labute approximate surface area is 121 Å². The van der Waals surface area contributed by atoms with Crippen molar-refractivity contribution in [2.45, 2.75) is 38.8 Å². The molecule has 1 N–H and O–H groups in total. The Morgan fingerprint density at radius 3 is 3.15 bits per heavy atom. The molecule has 2 atom stereocenters. The van der Waals surface area contributed by atoms with Crippen molar-refractivity contribution in [3.8, 4) is 0 Å². The van der Waals surface area contributed by atoms with Crippen LogP contribution < -0.4 is 10.2 Å². The molecule has 0 amide bonds. The quantitative estimate of drug-likeness (QED) is 0.908. The second-order valence-electron chi connectivity index (χ2n) is 6.09. The van der Waals surface area contributed by atoms with Crippen molar-refractivity contribution in [3.63, 3.8) is 0 Å². The summed E-state index contributed by atoms with van der Waals surface area (Å²) in [6.07, 6.45) is 5.68. The molecule has 0 saturated carbocycles. The average Bonchev–Trinajstić information content (AvgIpc) is 2.94. The van der Waals surface area contributed by atoms with Crippen LogP contribution in [-0.4, -0.2) is 49.2 Å². The molecule has 112 valence electrons. The van der Waals surface area contributed by atoms with E-state index in [9.17, 15) is 0 Å². The molecule has 3 heterocycles. The predicted octanol–water partition coefficient (Wildman–Crippen LogP) is 1.70. The minimum absolute atomic E-state index is 0.760. The van der Waals surface area contributed by atoms with Gasteiger partial charge >= 0.3 is 0 Å². The number of oxazole rings is 1. The van der Waals surface area contributed by atoms with Gasteiger partial charge in [0.1, 0.15) is 6.26 Å². The number of nitrogens with zero attached hydrogens (tertiary/aromatic N) is 3. The van der Waals surface area contributed by atoms with Crippen LogP contribution in [0.3, 0.4) is 0 Å². The summed E-state index contributed by atoms with van der Waals surface area (Å²) in [6.45, 7) is 7.27. The number of nitrogens with one attached hydrogen (secondary N) is 1. The van der Waals surface area contributed by atoms with Gasteiger partial charge in [0, 0.05) is 25.7 Å². The van der Waals surface area contributed by atoms with E-state index >= 15 is 0 Å². The third-order valence-electron chi connectivity index (χ3n) is 4.71. The van der Waals surface area contributed by atoms with Crippen LogP contribution in [0.4, 0.5) is 6.01 Å². The van der Waals surface area contributed by atoms with Crippen LogP contribution in [0.1, 0.15) is 31.9 Å². The van der Waals surface area contributed by atoms with Crippen molar-refractivity contribution in [2.75, 3.05) is 38.1 Å². The third-order valence-corrected chi connectivity index (χ3v) is 4.71. The molecule has 0 radical (unpaired) electrons. The molecule has 0 spiro atoms. The van der Waals surface area contributed by atoms with Gasteiger partial charge in [0.15, 0.2) is 0 Å². The van der Waals surface area contributed by atoms with Crippen molar-refractivity contribution < 1.29 is 4.42 Å². The maximum absolute atomic E-state index is 5.67. The molecule has 2 unspecified atom stereocenters. The number of piperidine rings is 2. The smallest absolute Gasteiger partial charge is 0.297 e. The van der Waals surface area contributed by atoms with E-state index in [0.29, 0.717) is 0 Å². The Bertz CT molecular complexity index is 433. The molecule has 2 aliphatic rings. The fourth-order valence-corrected chi connectivity index (χ4v) is 3.60. The van der Waals surface area contributed by atoms with E-state index in [2.05, 4.69) is 34.1 Å². The SMILES string of the molecule is CCNCc1coc(N2CCC3C(CCCN3C)C2)n1. The van der Waals surface area contributed by atoms with Crippen LogP contribution in [0, 0.1) is 5.92 Å². The van der Waals surface area contributed by atoms with Gasteiger partial charge in [-0.3, -0.25) is 0 Å². The van der Waals surface area contributed by atoms with Crippen molar-refractivity contribution >= 4 is 6.01 Å². The molecular formula is C15H26N4O. The lowest BCUT2D eigenvalue weighted by molar-refractivity contribution is 0.101. The van der Waals surface area contributed by atoms with Crippen molar-refractivity contribution in [2.24, 2.45) is 5.92 Å². The van der Waals surface area contributed by atoms with E-state index in [0.717, 1.165) is 49.8 Å². The molecule has 0 aliphatic carbocycles. The predicted molar refractivity (Wildman–Crippen MR) is 79.9 cm³/mol. The van der Waals surface area contributed by atoms with Crippen LogP contribution in [0.2, 0.25) is 0 Å². The number of likely N-dealkylation sites (tertiary alicyclic amines) is 1. The molecule has 5 nitrogen and oxygen atoms in total. The van der Waals surface area contributed by atoms with Crippen LogP contribution in [0.25, 0.3) is 0 Å². The number of aromatic nitrogens is 1. The summed E-state index contributed by atoms with van der Waals surface area (Å²) >= 11 is 0. The zero-order valence-corrected chi connectivity index (χ0v) is 12.6. The number of hydrogen-bond donors (Lipinski definition) is 1. The van der Waals surface area contributed by atoms with Gasteiger partial charge in [0.25, 0.3) is 6.01 Å². The highest BCUT2D eigenvalue weighted by molar-refractivity contribution is 5.28. The highest BCUT2D eigenvalue weighted by Crippen LogP contribution is 2.31. The van der Waals surface area contributed by atoms with Crippen molar-refractivity contribution in [1.29, 1.82) is 0 Å². The zero-order valence-electron chi connectivity index (χ0n) is 12.6. The standard InChI is InChI=1S/C15H26N4O/c1-3-16-9-13-11-20-15(17-13)19-8-6-14-12(10-19)5-4-7-18(14)2/h11-12,14,16H,3-10H2,1-2H3. The second kappa shape index (κ2) is 6.14. The molecule has 2 saturated heterocycles. The zero-order chi connectivity index (χ0) is 13.9. The summed E-state index contributed by atoms with van der Waals surface area (Å²) < 4.78 is 5.67. The summed E-state index contributed by atoms with van der Waals surface area (Å²) in [5, 5.41) is 3.28. The molecule has 0 bridgehead atoms. The molecule has 5 heteroatoms. The molecule has 20 heavy (non-hydrogen) atoms. The summed E-state index contributed by atoms with van der Waals surface area (Å²) in [6, 6.07) is 1.57. The first-order chi connectivity index (χ1) is 9.78. The van der Waals surface area contributed by atoms with Crippen LogP contribution >= 0.6 is 0 Å². The first-order valence-corrected chi connectivity index (χ1v) is 7.88. The number of rotatable bonds is 4. The fourth-order valence-electron chi connectivity index (χ4n) is 3.60. The maximum atomic E-state index is 5.67. The highest BCUT2D eigenvalue weighted by atomic mass is 16.4. The largest absolute Gasteiger partial charge is 0.432 e. The number of anilines is 1. The molecule has 0 aromatic carbocycles. The van der Waals surface area contributed by atoms with E-state index in [-0.39, 0.29) is 0 Å². The Morgan fingerprint density at radius 2 is 2.30 bits per heavy atom. The maximum Gasteiger partial charge on any atom is 0.297 e. The van der Waals surface area contributed by atoms with Crippen molar-refractivity contribution in [1.82, 2.24) is 15.2 Å². The first-order valence-electron chi connectivity index (χ1n) is 7.88. The van der Waals surface area contributed by atoms with Gasteiger partial charge in [0.2, 0.25) is 0 Å². The van der Waals surface area contributed by atoms with Gasteiger partial charge in [-0.2, -0.15) is 4.98 Å². The minimum Gasteiger partial charge on any atom is -0.432 e. The third kappa shape index (κ3) is 2.83. The molecular weight excluding hydrogens is 252 g/mol. The van der Waals surface area contributed by atoms with Gasteiger partial charge in [-0.05, 0) is 45.3 Å². The molecule has 2 aliphatic heterocycles. The molecule has 1 aromatic heterocycles. The molecule has 3 rings (SSSR count). The van der Waals surface area contributed by atoms with Gasteiger partial charge in [-0.15, -0.1) is 0 Å². The van der Waals surface area contributed by atoms with E-state index in [1.165, 1.54) is 25.8 Å². The second-order valence-corrected chi connectivity index (χ2v) is 6.09. The van der Waals surface area contributed by atoms with Crippen LogP contribution in [0.5, 0.6) is 0 Å². The lowest BCUT2D eigenvalue weighted by Crippen LogP contribution is -2.52. The highest BCUT2D eigenvalue weighted by Gasteiger charge is 2.35. The van der Waals surface area contributed by atoms with Gasteiger partial charge < -0.3 is 19.5 Å². The fraction of sp³-hybridized carbons (Fsp3) is 0.800. The Hall–Kier alpha value is -1.07. The molecule has 2 fully saturated rings. The monoisotopic (exact) mass is 278 g/mol. The molecule has 1 aromatic rings. The van der Waals surface area contributed by atoms with Crippen LogP contribution in [-0.2, 0) is 6.54 Å². The summed E-state index contributed by atoms with van der Waals surface area (Å²) in [7, 11) is 2.27. The Balaban J connectivity index is 1.62. The summed E-state index contributed by atoms with van der Waals surface area (Å²) in [4.78, 5) is 9.48. The van der Waals surface area contributed by atoms with Gasteiger partial charge in [0.05, 0.1) is 5.69 Å².